The second kappa shape index (κ2) is 8.68. The van der Waals surface area contributed by atoms with Gasteiger partial charge in [0, 0.05) is 18.2 Å². The van der Waals surface area contributed by atoms with E-state index in [0.29, 0.717) is 30.0 Å². The van der Waals surface area contributed by atoms with Crippen molar-refractivity contribution in [2.75, 3.05) is 18.4 Å². The van der Waals surface area contributed by atoms with Gasteiger partial charge in [-0.25, -0.2) is 8.42 Å². The summed E-state index contributed by atoms with van der Waals surface area (Å²) in [6.07, 6.45) is 0.668. The van der Waals surface area contributed by atoms with Crippen LogP contribution < -0.4 is 20.5 Å². The van der Waals surface area contributed by atoms with Gasteiger partial charge in [0.15, 0.2) is 0 Å². The lowest BCUT2D eigenvalue weighted by atomic mass is 10.2. The van der Waals surface area contributed by atoms with Crippen LogP contribution in [0.2, 0.25) is 0 Å². The molecule has 1 amide bonds. The summed E-state index contributed by atoms with van der Waals surface area (Å²) >= 11 is 0. The van der Waals surface area contributed by atoms with Gasteiger partial charge in [-0.1, -0.05) is 12.1 Å². The van der Waals surface area contributed by atoms with Crippen molar-refractivity contribution in [2.24, 2.45) is 5.73 Å². The first-order valence-corrected chi connectivity index (χ1v) is 9.61. The van der Waals surface area contributed by atoms with Gasteiger partial charge < -0.3 is 15.8 Å². The van der Waals surface area contributed by atoms with Crippen LogP contribution in [0.5, 0.6) is 5.75 Å². The number of sulfonamides is 1. The Morgan fingerprint density at radius 2 is 1.81 bits per heavy atom. The Morgan fingerprint density at radius 1 is 1.15 bits per heavy atom. The number of nitrogens with one attached hydrogen (secondary N) is 2. The van der Waals surface area contributed by atoms with Crippen LogP contribution in [0.3, 0.4) is 0 Å². The molecule has 140 valence electrons. The quantitative estimate of drug-likeness (QED) is 0.651. The number of ether oxygens (including phenoxy) is 1. The highest BCUT2D eigenvalue weighted by atomic mass is 32.2. The molecule has 1 atom stereocenters. The molecule has 2 aromatic carbocycles. The maximum absolute atomic E-state index is 12.5. The third-order valence-electron chi connectivity index (χ3n) is 3.66. The van der Waals surface area contributed by atoms with Crippen LogP contribution in [0, 0.1) is 0 Å². The van der Waals surface area contributed by atoms with Crippen LogP contribution >= 0.6 is 0 Å². The topological polar surface area (TPSA) is 111 Å². The molecule has 2 aromatic rings. The van der Waals surface area contributed by atoms with E-state index in [1.165, 1.54) is 31.4 Å². The highest BCUT2D eigenvalue weighted by molar-refractivity contribution is 7.92. The van der Waals surface area contributed by atoms with E-state index in [2.05, 4.69) is 10.0 Å². The Kier molecular flexibility index (Phi) is 6.59. The van der Waals surface area contributed by atoms with Crippen molar-refractivity contribution in [2.45, 2.75) is 24.3 Å². The van der Waals surface area contributed by atoms with Crippen LogP contribution in [0.15, 0.2) is 53.4 Å². The fourth-order valence-electron chi connectivity index (χ4n) is 2.23. The number of hydrogen-bond acceptors (Lipinski definition) is 5. The van der Waals surface area contributed by atoms with Crippen molar-refractivity contribution in [3.8, 4) is 5.75 Å². The van der Waals surface area contributed by atoms with Crippen molar-refractivity contribution in [3.63, 3.8) is 0 Å². The zero-order chi connectivity index (χ0) is 19.2. The molecule has 0 saturated carbocycles. The molecule has 8 heteroatoms. The van der Waals surface area contributed by atoms with Crippen LogP contribution in [-0.2, 0) is 10.0 Å². The maximum Gasteiger partial charge on any atom is 0.262 e. The zero-order valence-corrected chi connectivity index (χ0v) is 15.5. The summed E-state index contributed by atoms with van der Waals surface area (Å²) in [6, 6.07) is 12.4. The second-order valence-electron chi connectivity index (χ2n) is 5.85. The Labute approximate surface area is 153 Å². The Hall–Kier alpha value is -2.58. The number of hydrogen-bond donors (Lipinski definition) is 3. The molecular weight excluding hydrogens is 354 g/mol. The van der Waals surface area contributed by atoms with Gasteiger partial charge in [-0.15, -0.1) is 0 Å². The first-order valence-electron chi connectivity index (χ1n) is 8.13. The summed E-state index contributed by atoms with van der Waals surface area (Å²) in [7, 11) is -2.33. The lowest BCUT2D eigenvalue weighted by Gasteiger charge is -2.12. The molecule has 0 heterocycles. The highest BCUT2D eigenvalue weighted by Crippen LogP contribution is 2.26. The van der Waals surface area contributed by atoms with Crippen LogP contribution in [0.1, 0.15) is 23.7 Å². The summed E-state index contributed by atoms with van der Waals surface area (Å²) in [4.78, 5) is 12.1. The number of carbonyl (C=O) groups excluding carboxylic acids is 1. The minimum atomic E-state index is -3.79. The second-order valence-corrected chi connectivity index (χ2v) is 7.53. The van der Waals surface area contributed by atoms with Crippen LogP contribution in [0.4, 0.5) is 5.69 Å². The molecule has 0 aliphatic rings. The SMILES string of the molecule is COc1ccccc1NS(=O)(=O)c1ccc(C(=O)NCCC(C)N)cc1. The lowest BCUT2D eigenvalue weighted by Crippen LogP contribution is -2.28. The van der Waals surface area contributed by atoms with E-state index in [-0.39, 0.29) is 16.8 Å². The molecular formula is C18H23N3O4S. The van der Waals surface area contributed by atoms with Gasteiger partial charge in [0.1, 0.15) is 5.75 Å². The molecule has 7 nitrogen and oxygen atoms in total. The molecule has 26 heavy (non-hydrogen) atoms. The van der Waals surface area contributed by atoms with Crippen molar-refractivity contribution in [1.82, 2.24) is 5.32 Å². The highest BCUT2D eigenvalue weighted by Gasteiger charge is 2.17. The Bertz CT molecular complexity index is 849. The molecule has 0 bridgehead atoms. The van der Waals surface area contributed by atoms with E-state index in [9.17, 15) is 13.2 Å². The summed E-state index contributed by atoms with van der Waals surface area (Å²) in [6.45, 7) is 2.33. The summed E-state index contributed by atoms with van der Waals surface area (Å²) in [5.74, 6) is 0.147. The van der Waals surface area contributed by atoms with Gasteiger partial charge in [0.2, 0.25) is 0 Å². The average Bonchev–Trinajstić information content (AvgIpc) is 2.61. The van der Waals surface area contributed by atoms with E-state index in [0.717, 1.165) is 0 Å². The molecule has 0 saturated heterocycles. The number of amides is 1. The van der Waals surface area contributed by atoms with Gasteiger partial charge in [0.05, 0.1) is 17.7 Å². The van der Waals surface area contributed by atoms with Gasteiger partial charge in [-0.3, -0.25) is 9.52 Å². The number of methoxy groups -OCH3 is 1. The largest absolute Gasteiger partial charge is 0.495 e. The number of para-hydroxylation sites is 2. The smallest absolute Gasteiger partial charge is 0.262 e. The third kappa shape index (κ3) is 5.21. The van der Waals surface area contributed by atoms with Crippen molar-refractivity contribution in [3.05, 3.63) is 54.1 Å². The van der Waals surface area contributed by atoms with Crippen molar-refractivity contribution in [1.29, 1.82) is 0 Å². The van der Waals surface area contributed by atoms with E-state index in [1.807, 2.05) is 6.92 Å². The molecule has 0 aliphatic carbocycles. The monoisotopic (exact) mass is 377 g/mol. The molecule has 0 radical (unpaired) electrons. The van der Waals surface area contributed by atoms with E-state index in [1.54, 1.807) is 24.3 Å². The van der Waals surface area contributed by atoms with Gasteiger partial charge in [-0.2, -0.15) is 0 Å². The number of rotatable bonds is 8. The predicted octanol–water partition coefficient (Wildman–Crippen LogP) is 1.96. The first kappa shape index (κ1) is 19.7. The van der Waals surface area contributed by atoms with Gasteiger partial charge in [-0.05, 0) is 49.7 Å². The number of anilines is 1. The van der Waals surface area contributed by atoms with Crippen LogP contribution in [0.25, 0.3) is 0 Å². The lowest BCUT2D eigenvalue weighted by molar-refractivity contribution is 0.0952. The predicted molar refractivity (Wildman–Crippen MR) is 101 cm³/mol. The van der Waals surface area contributed by atoms with Crippen molar-refractivity contribution < 1.29 is 17.9 Å². The number of carbonyl (C=O) groups is 1. The number of benzene rings is 2. The Balaban J connectivity index is 2.10. The molecule has 4 N–H and O–H groups in total. The first-order chi connectivity index (χ1) is 12.3. The summed E-state index contributed by atoms with van der Waals surface area (Å²) < 4.78 is 32.7. The van der Waals surface area contributed by atoms with Gasteiger partial charge >= 0.3 is 0 Å². The standard InChI is InChI=1S/C18H23N3O4S/c1-13(19)11-12-20-18(22)14-7-9-15(10-8-14)26(23,24)21-16-5-3-4-6-17(16)25-2/h3-10,13,21H,11-12,19H2,1-2H3,(H,20,22). The molecule has 0 aliphatic heterocycles. The Morgan fingerprint density at radius 3 is 2.42 bits per heavy atom. The molecule has 0 spiro atoms. The molecule has 0 aromatic heterocycles. The molecule has 0 fully saturated rings. The van der Waals surface area contributed by atoms with Crippen LogP contribution in [-0.4, -0.2) is 34.0 Å². The van der Waals surface area contributed by atoms with Gasteiger partial charge in [0.25, 0.3) is 15.9 Å². The maximum atomic E-state index is 12.5. The normalized spacial score (nSPS) is 12.3. The minimum absolute atomic E-state index is 0.00358. The summed E-state index contributed by atoms with van der Waals surface area (Å²) in [5.41, 5.74) is 6.36. The van der Waals surface area contributed by atoms with Crippen molar-refractivity contribution >= 4 is 21.6 Å². The molecule has 2 rings (SSSR count). The minimum Gasteiger partial charge on any atom is -0.495 e. The fraction of sp³-hybridized carbons (Fsp3) is 0.278. The third-order valence-corrected chi connectivity index (χ3v) is 5.04. The molecule has 1 unspecified atom stereocenters. The fourth-order valence-corrected chi connectivity index (χ4v) is 3.30. The van der Waals surface area contributed by atoms with E-state index < -0.39 is 10.0 Å². The number of nitrogens with two attached hydrogens (primary N) is 1. The van der Waals surface area contributed by atoms with E-state index >= 15 is 0 Å². The average molecular weight is 377 g/mol. The zero-order valence-electron chi connectivity index (χ0n) is 14.7. The summed E-state index contributed by atoms with van der Waals surface area (Å²) in [5, 5.41) is 2.74. The van der Waals surface area contributed by atoms with E-state index in [4.69, 9.17) is 10.5 Å².